The van der Waals surface area contributed by atoms with Gasteiger partial charge in [0.2, 0.25) is 0 Å². The molecule has 1 saturated heterocycles. The fourth-order valence-corrected chi connectivity index (χ4v) is 3.39. The molecule has 0 N–H and O–H groups in total. The zero-order valence-electron chi connectivity index (χ0n) is 12.1. The van der Waals surface area contributed by atoms with E-state index in [-0.39, 0.29) is 0 Å². The van der Waals surface area contributed by atoms with Gasteiger partial charge in [-0.25, -0.2) is 4.98 Å². The quantitative estimate of drug-likeness (QED) is 0.799. The highest BCUT2D eigenvalue weighted by Crippen LogP contribution is 2.28. The van der Waals surface area contributed by atoms with Crippen LogP contribution in [0.4, 0.5) is 0 Å². The second kappa shape index (κ2) is 5.74. The Morgan fingerprint density at radius 2 is 2.30 bits per heavy atom. The number of ether oxygens (including phenoxy) is 1. The molecule has 1 aliphatic heterocycles. The molecule has 2 atom stereocenters. The maximum atomic E-state index is 6.08. The predicted octanol–water partition coefficient (Wildman–Crippen LogP) is 3.90. The number of fused-ring (bicyclic) bond motifs is 1. The number of nitrogens with zero attached hydrogens (tertiary/aromatic N) is 2. The van der Waals surface area contributed by atoms with E-state index in [4.69, 9.17) is 16.3 Å². The number of hydrogen-bond acceptors (Lipinski definition) is 2. The molecule has 0 amide bonds. The number of benzene rings is 1. The molecule has 0 radical (unpaired) electrons. The fraction of sp³-hybridized carbons (Fsp3) is 0.562. The van der Waals surface area contributed by atoms with Gasteiger partial charge in [-0.3, -0.25) is 0 Å². The van der Waals surface area contributed by atoms with E-state index in [9.17, 15) is 0 Å². The van der Waals surface area contributed by atoms with Crippen LogP contribution < -0.4 is 0 Å². The van der Waals surface area contributed by atoms with Crippen molar-refractivity contribution in [1.82, 2.24) is 9.55 Å². The molecule has 1 aromatic heterocycles. The van der Waals surface area contributed by atoms with Crippen molar-refractivity contribution >= 4 is 22.6 Å². The predicted molar refractivity (Wildman–Crippen MR) is 82.2 cm³/mol. The molecule has 1 aliphatic rings. The van der Waals surface area contributed by atoms with Crippen LogP contribution in [0.15, 0.2) is 18.2 Å². The molecule has 2 aromatic rings. The highest BCUT2D eigenvalue weighted by molar-refractivity contribution is 6.16. The minimum absolute atomic E-state index is 0.376. The van der Waals surface area contributed by atoms with Crippen molar-refractivity contribution < 1.29 is 4.74 Å². The van der Waals surface area contributed by atoms with Gasteiger partial charge in [0.05, 0.1) is 23.0 Å². The molecule has 0 aliphatic carbocycles. The SMILES string of the molecule is CCC1OCCC1Cn1c(CCl)nc2cc(C)ccc21. The Kier molecular flexibility index (Phi) is 3.99. The summed E-state index contributed by atoms with van der Waals surface area (Å²) in [5.41, 5.74) is 3.47. The Bertz CT molecular complexity index is 608. The van der Waals surface area contributed by atoms with Crippen LogP contribution in [-0.2, 0) is 17.2 Å². The van der Waals surface area contributed by atoms with E-state index in [1.165, 1.54) is 11.1 Å². The van der Waals surface area contributed by atoms with Crippen molar-refractivity contribution in [3.63, 3.8) is 0 Å². The molecule has 1 fully saturated rings. The molecular weight excluding hydrogens is 272 g/mol. The van der Waals surface area contributed by atoms with Gasteiger partial charge in [-0.15, -0.1) is 11.6 Å². The molecule has 2 heterocycles. The molecule has 0 saturated carbocycles. The molecule has 0 bridgehead atoms. The lowest BCUT2D eigenvalue weighted by molar-refractivity contribution is 0.0836. The van der Waals surface area contributed by atoms with Crippen LogP contribution in [0, 0.1) is 12.8 Å². The molecule has 3 rings (SSSR count). The van der Waals surface area contributed by atoms with Crippen LogP contribution in [0.5, 0.6) is 0 Å². The van der Waals surface area contributed by atoms with E-state index in [2.05, 4.69) is 41.6 Å². The Hall–Kier alpha value is -1.06. The molecule has 0 spiro atoms. The van der Waals surface area contributed by atoms with Crippen molar-refractivity contribution in [3.05, 3.63) is 29.6 Å². The molecule has 2 unspecified atom stereocenters. The summed E-state index contributed by atoms with van der Waals surface area (Å²) in [6, 6.07) is 6.43. The zero-order chi connectivity index (χ0) is 14.1. The summed E-state index contributed by atoms with van der Waals surface area (Å²) >= 11 is 6.08. The fourth-order valence-electron chi connectivity index (χ4n) is 3.18. The van der Waals surface area contributed by atoms with Gasteiger partial charge in [0, 0.05) is 19.1 Å². The third-order valence-corrected chi connectivity index (χ3v) is 4.51. The topological polar surface area (TPSA) is 27.1 Å². The van der Waals surface area contributed by atoms with E-state index >= 15 is 0 Å². The first kappa shape index (κ1) is 13.9. The normalized spacial score (nSPS) is 22.8. The number of rotatable bonds is 4. The van der Waals surface area contributed by atoms with Crippen LogP contribution in [-0.4, -0.2) is 22.3 Å². The molecule has 20 heavy (non-hydrogen) atoms. The first-order chi connectivity index (χ1) is 9.72. The van der Waals surface area contributed by atoms with Gasteiger partial charge in [-0.2, -0.15) is 0 Å². The Morgan fingerprint density at radius 3 is 3.05 bits per heavy atom. The van der Waals surface area contributed by atoms with Gasteiger partial charge in [0.15, 0.2) is 0 Å². The maximum Gasteiger partial charge on any atom is 0.124 e. The highest BCUT2D eigenvalue weighted by atomic mass is 35.5. The van der Waals surface area contributed by atoms with E-state index in [1.54, 1.807) is 0 Å². The van der Waals surface area contributed by atoms with E-state index in [1.807, 2.05) is 0 Å². The summed E-state index contributed by atoms with van der Waals surface area (Å²) in [5.74, 6) is 1.99. The van der Waals surface area contributed by atoms with Crippen molar-refractivity contribution in [2.24, 2.45) is 5.92 Å². The monoisotopic (exact) mass is 292 g/mol. The summed E-state index contributed by atoms with van der Waals surface area (Å²) in [6.07, 6.45) is 2.58. The summed E-state index contributed by atoms with van der Waals surface area (Å²) in [6.45, 7) is 6.13. The van der Waals surface area contributed by atoms with Crippen LogP contribution in [0.25, 0.3) is 11.0 Å². The highest BCUT2D eigenvalue weighted by Gasteiger charge is 2.28. The van der Waals surface area contributed by atoms with Crippen LogP contribution in [0.1, 0.15) is 31.2 Å². The first-order valence-corrected chi connectivity index (χ1v) is 7.89. The Morgan fingerprint density at radius 1 is 1.45 bits per heavy atom. The number of aromatic nitrogens is 2. The van der Waals surface area contributed by atoms with Gasteiger partial charge in [-0.1, -0.05) is 13.0 Å². The minimum Gasteiger partial charge on any atom is -0.378 e. The number of halogens is 1. The van der Waals surface area contributed by atoms with Gasteiger partial charge < -0.3 is 9.30 Å². The van der Waals surface area contributed by atoms with E-state index < -0.39 is 0 Å². The van der Waals surface area contributed by atoms with Crippen molar-refractivity contribution in [2.75, 3.05) is 6.61 Å². The van der Waals surface area contributed by atoms with Gasteiger partial charge in [0.1, 0.15) is 5.82 Å². The zero-order valence-corrected chi connectivity index (χ0v) is 12.9. The maximum absolute atomic E-state index is 6.08. The van der Waals surface area contributed by atoms with E-state index in [0.29, 0.717) is 17.9 Å². The smallest absolute Gasteiger partial charge is 0.124 e. The lowest BCUT2D eigenvalue weighted by Gasteiger charge is -2.19. The average Bonchev–Trinajstić information content (AvgIpc) is 3.03. The van der Waals surface area contributed by atoms with E-state index in [0.717, 1.165) is 37.3 Å². The second-order valence-electron chi connectivity index (χ2n) is 5.63. The molecule has 4 heteroatoms. The summed E-state index contributed by atoms with van der Waals surface area (Å²) in [7, 11) is 0. The van der Waals surface area contributed by atoms with Gasteiger partial charge in [-0.05, 0) is 37.5 Å². The van der Waals surface area contributed by atoms with Crippen LogP contribution in [0.3, 0.4) is 0 Å². The largest absolute Gasteiger partial charge is 0.378 e. The van der Waals surface area contributed by atoms with Gasteiger partial charge >= 0.3 is 0 Å². The molecule has 3 nitrogen and oxygen atoms in total. The number of hydrogen-bond donors (Lipinski definition) is 0. The lowest BCUT2D eigenvalue weighted by atomic mass is 9.99. The van der Waals surface area contributed by atoms with Crippen molar-refractivity contribution in [2.45, 2.75) is 45.2 Å². The second-order valence-corrected chi connectivity index (χ2v) is 5.90. The minimum atomic E-state index is 0.376. The molecular formula is C16H21ClN2O. The molecule has 1 aromatic carbocycles. The number of imidazole rings is 1. The Balaban J connectivity index is 1.97. The first-order valence-electron chi connectivity index (χ1n) is 7.36. The summed E-state index contributed by atoms with van der Waals surface area (Å²) in [4.78, 5) is 4.68. The Labute approximate surface area is 124 Å². The standard InChI is InChI=1S/C16H21ClN2O/c1-3-15-12(6-7-20-15)10-19-14-5-4-11(2)8-13(14)18-16(19)9-17/h4-5,8,12,15H,3,6-7,9-10H2,1-2H3. The molecule has 108 valence electrons. The van der Waals surface area contributed by atoms with Crippen molar-refractivity contribution in [3.8, 4) is 0 Å². The van der Waals surface area contributed by atoms with Crippen molar-refractivity contribution in [1.29, 1.82) is 0 Å². The lowest BCUT2D eigenvalue weighted by Crippen LogP contribution is -2.21. The number of aryl methyl sites for hydroxylation is 1. The van der Waals surface area contributed by atoms with Gasteiger partial charge in [0.25, 0.3) is 0 Å². The number of alkyl halides is 1. The summed E-state index contributed by atoms with van der Waals surface area (Å²) < 4.78 is 8.08. The average molecular weight is 293 g/mol. The third kappa shape index (κ3) is 2.45. The summed E-state index contributed by atoms with van der Waals surface area (Å²) in [5, 5.41) is 0. The van der Waals surface area contributed by atoms with Crippen LogP contribution >= 0.6 is 11.6 Å². The van der Waals surface area contributed by atoms with Crippen LogP contribution in [0.2, 0.25) is 0 Å². The third-order valence-electron chi connectivity index (χ3n) is 4.27.